The SMILES string of the molecule is CC(C)c1ccc(C(=O)CSc2nnc(COc3ccccc3Cl)n2C2CC2)cc1. The van der Waals surface area contributed by atoms with E-state index in [2.05, 4.69) is 28.6 Å². The molecule has 1 aliphatic rings. The topological polar surface area (TPSA) is 57.0 Å². The van der Waals surface area contributed by atoms with Gasteiger partial charge in [-0.3, -0.25) is 9.36 Å². The summed E-state index contributed by atoms with van der Waals surface area (Å²) < 4.78 is 7.96. The zero-order valence-corrected chi connectivity index (χ0v) is 18.6. The minimum absolute atomic E-state index is 0.0921. The molecule has 1 aliphatic carbocycles. The predicted octanol–water partition coefficient (Wildman–Crippen LogP) is 5.94. The highest BCUT2D eigenvalue weighted by Gasteiger charge is 2.30. The first kappa shape index (κ1) is 20.9. The van der Waals surface area contributed by atoms with Crippen LogP contribution >= 0.6 is 23.4 Å². The Bertz CT molecular complexity index is 1030. The van der Waals surface area contributed by atoms with Gasteiger partial charge in [0, 0.05) is 11.6 Å². The molecular weight excluding hydrogens is 418 g/mol. The molecule has 1 heterocycles. The Balaban J connectivity index is 1.42. The van der Waals surface area contributed by atoms with Crippen LogP contribution in [0.4, 0.5) is 0 Å². The lowest BCUT2D eigenvalue weighted by atomic mass is 10.0. The molecule has 0 spiro atoms. The number of Topliss-reactive ketones (excluding diaryl/α,β-unsaturated/α-hetero) is 1. The highest BCUT2D eigenvalue weighted by atomic mass is 35.5. The van der Waals surface area contributed by atoms with Crippen LogP contribution in [0.25, 0.3) is 0 Å². The Morgan fingerprint density at radius 1 is 1.17 bits per heavy atom. The number of nitrogens with zero attached hydrogens (tertiary/aromatic N) is 3. The number of para-hydroxylation sites is 1. The van der Waals surface area contributed by atoms with E-state index in [9.17, 15) is 4.79 Å². The summed E-state index contributed by atoms with van der Waals surface area (Å²) in [5, 5.41) is 9.98. The van der Waals surface area contributed by atoms with E-state index in [0.29, 0.717) is 35.1 Å². The summed E-state index contributed by atoms with van der Waals surface area (Å²) in [5.41, 5.74) is 1.96. The van der Waals surface area contributed by atoms with E-state index in [-0.39, 0.29) is 5.78 Å². The van der Waals surface area contributed by atoms with Crippen molar-refractivity contribution in [3.8, 4) is 5.75 Å². The molecule has 5 nitrogen and oxygen atoms in total. The van der Waals surface area contributed by atoms with Crippen LogP contribution in [0.3, 0.4) is 0 Å². The first-order valence-electron chi connectivity index (χ1n) is 10.1. The Hall–Kier alpha value is -2.31. The Labute approximate surface area is 185 Å². The second-order valence-corrected chi connectivity index (χ2v) is 9.06. The average molecular weight is 442 g/mol. The van der Waals surface area contributed by atoms with Crippen molar-refractivity contribution >= 4 is 29.1 Å². The molecule has 1 saturated carbocycles. The van der Waals surface area contributed by atoms with E-state index >= 15 is 0 Å². The summed E-state index contributed by atoms with van der Waals surface area (Å²) in [5.74, 6) is 2.26. The fourth-order valence-corrected chi connectivity index (χ4v) is 4.28. The van der Waals surface area contributed by atoms with E-state index in [4.69, 9.17) is 16.3 Å². The summed E-state index contributed by atoms with van der Waals surface area (Å²) in [6, 6.07) is 15.6. The van der Waals surface area contributed by atoms with Gasteiger partial charge >= 0.3 is 0 Å². The van der Waals surface area contributed by atoms with Crippen LogP contribution in [0.2, 0.25) is 5.02 Å². The van der Waals surface area contributed by atoms with Gasteiger partial charge in [0.05, 0.1) is 10.8 Å². The molecule has 7 heteroatoms. The van der Waals surface area contributed by atoms with Gasteiger partial charge in [0.25, 0.3) is 0 Å². The minimum atomic E-state index is 0.0921. The molecule has 0 radical (unpaired) electrons. The van der Waals surface area contributed by atoms with Crippen molar-refractivity contribution in [2.45, 2.75) is 50.4 Å². The first-order chi connectivity index (χ1) is 14.5. The number of ether oxygens (including phenoxy) is 1. The summed E-state index contributed by atoms with van der Waals surface area (Å²) in [4.78, 5) is 12.6. The first-order valence-corrected chi connectivity index (χ1v) is 11.5. The third-order valence-corrected chi connectivity index (χ3v) is 6.33. The molecule has 0 bridgehead atoms. The van der Waals surface area contributed by atoms with Crippen LogP contribution < -0.4 is 4.74 Å². The lowest BCUT2D eigenvalue weighted by Crippen LogP contribution is -2.08. The third-order valence-electron chi connectivity index (χ3n) is 5.07. The molecule has 0 aliphatic heterocycles. The van der Waals surface area contributed by atoms with Gasteiger partial charge in [-0.15, -0.1) is 10.2 Å². The molecule has 1 aromatic heterocycles. The molecule has 0 atom stereocenters. The molecule has 30 heavy (non-hydrogen) atoms. The molecule has 1 fully saturated rings. The van der Waals surface area contributed by atoms with Gasteiger partial charge in [-0.1, -0.05) is 73.6 Å². The van der Waals surface area contributed by atoms with E-state index in [1.54, 1.807) is 6.07 Å². The summed E-state index contributed by atoms with van der Waals surface area (Å²) in [7, 11) is 0. The number of aromatic nitrogens is 3. The monoisotopic (exact) mass is 441 g/mol. The van der Waals surface area contributed by atoms with E-state index in [1.165, 1.54) is 17.3 Å². The molecule has 156 valence electrons. The molecule has 0 amide bonds. The number of halogens is 1. The van der Waals surface area contributed by atoms with Crippen molar-refractivity contribution in [1.29, 1.82) is 0 Å². The molecule has 0 saturated heterocycles. The van der Waals surface area contributed by atoms with Gasteiger partial charge in [0.2, 0.25) is 0 Å². The fraction of sp³-hybridized carbons (Fsp3) is 0.348. The molecule has 2 aromatic carbocycles. The van der Waals surface area contributed by atoms with Crippen molar-refractivity contribution < 1.29 is 9.53 Å². The van der Waals surface area contributed by atoms with Gasteiger partial charge < -0.3 is 4.74 Å². The van der Waals surface area contributed by atoms with Gasteiger partial charge in [-0.2, -0.15) is 0 Å². The molecular formula is C23H24ClN3O2S. The normalized spacial score (nSPS) is 13.6. The van der Waals surface area contributed by atoms with Crippen molar-refractivity contribution in [2.24, 2.45) is 0 Å². The van der Waals surface area contributed by atoms with Crippen molar-refractivity contribution in [1.82, 2.24) is 14.8 Å². The molecule has 3 aromatic rings. The maximum absolute atomic E-state index is 12.6. The minimum Gasteiger partial charge on any atom is -0.484 e. The zero-order valence-electron chi connectivity index (χ0n) is 17.0. The summed E-state index contributed by atoms with van der Waals surface area (Å²) in [6.07, 6.45) is 2.19. The van der Waals surface area contributed by atoms with Crippen molar-refractivity contribution in [3.05, 3.63) is 70.5 Å². The smallest absolute Gasteiger partial charge is 0.192 e. The molecule has 4 rings (SSSR count). The van der Waals surface area contributed by atoms with Crippen LogP contribution in [0.1, 0.15) is 60.4 Å². The van der Waals surface area contributed by atoms with Gasteiger partial charge in [0.1, 0.15) is 12.4 Å². The number of ketones is 1. The quantitative estimate of drug-likeness (QED) is 0.303. The zero-order chi connectivity index (χ0) is 21.1. The van der Waals surface area contributed by atoms with E-state index in [0.717, 1.165) is 29.4 Å². The Morgan fingerprint density at radius 3 is 2.57 bits per heavy atom. The van der Waals surface area contributed by atoms with Crippen molar-refractivity contribution in [3.63, 3.8) is 0 Å². The number of thioether (sulfide) groups is 1. The standard InChI is InChI=1S/C23H24ClN3O2S/c1-15(2)16-7-9-17(10-8-16)20(28)14-30-23-26-25-22(27(23)18-11-12-18)13-29-21-6-4-3-5-19(21)24/h3-10,15,18H,11-14H2,1-2H3. The number of rotatable bonds is 9. The number of benzene rings is 2. The van der Waals surface area contributed by atoms with Gasteiger partial charge in [-0.25, -0.2) is 0 Å². The van der Waals surface area contributed by atoms with Crippen LogP contribution in [0, 0.1) is 0 Å². The second-order valence-electron chi connectivity index (χ2n) is 7.71. The number of carbonyl (C=O) groups excluding carboxylic acids is 1. The van der Waals surface area contributed by atoms with Crippen molar-refractivity contribution in [2.75, 3.05) is 5.75 Å². The van der Waals surface area contributed by atoms with E-state index in [1.807, 2.05) is 42.5 Å². The van der Waals surface area contributed by atoms with Crippen LogP contribution in [-0.2, 0) is 6.61 Å². The summed E-state index contributed by atoms with van der Waals surface area (Å²) in [6.45, 7) is 4.58. The summed E-state index contributed by atoms with van der Waals surface area (Å²) >= 11 is 7.60. The highest BCUT2D eigenvalue weighted by Crippen LogP contribution is 2.39. The Morgan fingerprint density at radius 2 is 1.90 bits per heavy atom. The van der Waals surface area contributed by atoms with Crippen LogP contribution in [0.5, 0.6) is 5.75 Å². The third kappa shape index (κ3) is 4.87. The maximum atomic E-state index is 12.6. The number of hydrogen-bond acceptors (Lipinski definition) is 5. The molecule has 0 unspecified atom stereocenters. The lowest BCUT2D eigenvalue weighted by molar-refractivity contribution is 0.102. The van der Waals surface area contributed by atoms with Gasteiger partial charge in [0.15, 0.2) is 16.8 Å². The average Bonchev–Trinajstić information content (AvgIpc) is 3.51. The van der Waals surface area contributed by atoms with Crippen LogP contribution in [-0.4, -0.2) is 26.3 Å². The molecule has 0 N–H and O–H groups in total. The fourth-order valence-electron chi connectivity index (χ4n) is 3.18. The predicted molar refractivity (Wildman–Crippen MR) is 120 cm³/mol. The number of carbonyl (C=O) groups is 1. The number of hydrogen-bond donors (Lipinski definition) is 0. The maximum Gasteiger partial charge on any atom is 0.192 e. The van der Waals surface area contributed by atoms with Crippen LogP contribution in [0.15, 0.2) is 53.7 Å². The lowest BCUT2D eigenvalue weighted by Gasteiger charge is -2.11. The Kier molecular flexibility index (Phi) is 6.44. The van der Waals surface area contributed by atoms with E-state index < -0.39 is 0 Å². The largest absolute Gasteiger partial charge is 0.484 e. The second kappa shape index (κ2) is 9.23. The van der Waals surface area contributed by atoms with Gasteiger partial charge in [-0.05, 0) is 36.5 Å². The highest BCUT2D eigenvalue weighted by molar-refractivity contribution is 7.99.